The second-order valence-corrected chi connectivity index (χ2v) is 1.99. The van der Waals surface area contributed by atoms with Crippen molar-refractivity contribution in [3.8, 4) is 0 Å². The third-order valence-electron chi connectivity index (χ3n) is 1.12. The van der Waals surface area contributed by atoms with Crippen LogP contribution in [0.2, 0.25) is 0 Å². The molecule has 0 radical (unpaired) electrons. The number of nitrogens with two attached hydrogens (primary N) is 1. The van der Waals surface area contributed by atoms with Crippen LogP contribution in [-0.4, -0.2) is 14.4 Å². The minimum Gasteiger partial charge on any atom is -0.386 e. The standard InChI is InChI=1S/C5H9BN2/c6-4-1-2-5(7)8-3-4/h1-2,8H,3,6-7H2. The summed E-state index contributed by atoms with van der Waals surface area (Å²) in [5.41, 5.74) is 6.72. The maximum Gasteiger partial charge on any atom is 0.136 e. The van der Waals surface area contributed by atoms with Gasteiger partial charge in [0.2, 0.25) is 0 Å². The molecule has 8 heavy (non-hydrogen) atoms. The van der Waals surface area contributed by atoms with Crippen LogP contribution in [0.3, 0.4) is 0 Å². The number of rotatable bonds is 0. The molecule has 0 aliphatic carbocycles. The zero-order chi connectivity index (χ0) is 5.98. The fraction of sp³-hybridized carbons (Fsp3) is 0.200. The van der Waals surface area contributed by atoms with E-state index in [9.17, 15) is 0 Å². The van der Waals surface area contributed by atoms with Crippen molar-refractivity contribution in [1.29, 1.82) is 0 Å². The lowest BCUT2D eigenvalue weighted by Gasteiger charge is -2.09. The molecule has 2 nitrogen and oxygen atoms in total. The highest BCUT2D eigenvalue weighted by atomic mass is 15.0. The normalized spacial score (nSPS) is 18.5. The Labute approximate surface area is 49.9 Å². The van der Waals surface area contributed by atoms with Gasteiger partial charge in [-0.15, -0.1) is 0 Å². The smallest absolute Gasteiger partial charge is 0.136 e. The van der Waals surface area contributed by atoms with Gasteiger partial charge < -0.3 is 11.1 Å². The number of allylic oxidation sites excluding steroid dienone is 2. The molecule has 0 fully saturated rings. The maximum atomic E-state index is 5.40. The molecule has 1 heterocycles. The number of nitrogens with one attached hydrogen (secondary N) is 1. The van der Waals surface area contributed by atoms with Gasteiger partial charge in [-0.3, -0.25) is 0 Å². The van der Waals surface area contributed by atoms with E-state index in [2.05, 4.69) is 13.2 Å². The molecule has 1 rings (SSSR count). The molecule has 0 aromatic heterocycles. The lowest BCUT2D eigenvalue weighted by atomic mass is 9.94. The van der Waals surface area contributed by atoms with Crippen molar-refractivity contribution < 1.29 is 0 Å². The summed E-state index contributed by atoms with van der Waals surface area (Å²) in [5.74, 6) is 0.760. The third kappa shape index (κ3) is 1.06. The topological polar surface area (TPSA) is 38.0 Å². The first-order chi connectivity index (χ1) is 3.79. The van der Waals surface area contributed by atoms with Gasteiger partial charge in [0, 0.05) is 6.54 Å². The van der Waals surface area contributed by atoms with E-state index in [0.29, 0.717) is 0 Å². The highest BCUT2D eigenvalue weighted by Gasteiger charge is 1.93. The predicted molar refractivity (Wildman–Crippen MR) is 36.9 cm³/mol. The Morgan fingerprint density at radius 2 is 2.38 bits per heavy atom. The third-order valence-corrected chi connectivity index (χ3v) is 1.12. The van der Waals surface area contributed by atoms with E-state index in [1.165, 1.54) is 5.47 Å². The SMILES string of the molecule is BC1=CC=C(N)NC1. The van der Waals surface area contributed by atoms with Crippen molar-refractivity contribution in [1.82, 2.24) is 5.32 Å². The van der Waals surface area contributed by atoms with Crippen molar-refractivity contribution in [2.45, 2.75) is 0 Å². The maximum absolute atomic E-state index is 5.40. The molecule has 42 valence electrons. The van der Waals surface area contributed by atoms with Crippen molar-refractivity contribution in [2.24, 2.45) is 5.73 Å². The Balaban J connectivity index is 2.65. The number of hydrogen-bond acceptors (Lipinski definition) is 2. The zero-order valence-electron chi connectivity index (χ0n) is 4.94. The van der Waals surface area contributed by atoms with Crippen molar-refractivity contribution in [3.63, 3.8) is 0 Å². The van der Waals surface area contributed by atoms with Gasteiger partial charge in [-0.2, -0.15) is 0 Å². The van der Waals surface area contributed by atoms with Gasteiger partial charge in [0.05, 0.1) is 5.82 Å². The van der Waals surface area contributed by atoms with Crippen LogP contribution >= 0.6 is 0 Å². The van der Waals surface area contributed by atoms with E-state index in [4.69, 9.17) is 5.73 Å². The van der Waals surface area contributed by atoms with E-state index in [-0.39, 0.29) is 0 Å². The molecule has 3 heteroatoms. The average molecular weight is 108 g/mol. The van der Waals surface area contributed by atoms with Crippen LogP contribution in [0.5, 0.6) is 0 Å². The van der Waals surface area contributed by atoms with Crippen LogP contribution in [0.4, 0.5) is 0 Å². The lowest BCUT2D eigenvalue weighted by Crippen LogP contribution is -2.24. The fourth-order valence-electron chi connectivity index (χ4n) is 0.591. The monoisotopic (exact) mass is 108 g/mol. The molecule has 0 aromatic carbocycles. The van der Waals surface area contributed by atoms with Crippen molar-refractivity contribution in [3.05, 3.63) is 23.4 Å². The molecule has 0 saturated heterocycles. The molecule has 0 atom stereocenters. The van der Waals surface area contributed by atoms with E-state index in [1.54, 1.807) is 0 Å². The van der Waals surface area contributed by atoms with Crippen LogP contribution in [0.15, 0.2) is 23.4 Å². The Bertz CT molecular complexity index is 131. The Morgan fingerprint density at radius 3 is 2.75 bits per heavy atom. The van der Waals surface area contributed by atoms with Gasteiger partial charge in [0.15, 0.2) is 0 Å². The first-order valence-corrected chi connectivity index (χ1v) is 2.66. The van der Waals surface area contributed by atoms with Gasteiger partial charge in [-0.05, 0) is 6.08 Å². The summed E-state index contributed by atoms with van der Waals surface area (Å²) >= 11 is 0. The summed E-state index contributed by atoms with van der Waals surface area (Å²) in [5, 5.41) is 3.00. The van der Waals surface area contributed by atoms with E-state index in [1.807, 2.05) is 12.2 Å². The van der Waals surface area contributed by atoms with E-state index in [0.717, 1.165) is 12.4 Å². The summed E-state index contributed by atoms with van der Waals surface area (Å²) in [6.45, 7) is 0.891. The summed E-state index contributed by atoms with van der Waals surface area (Å²) < 4.78 is 0. The Morgan fingerprint density at radius 1 is 1.62 bits per heavy atom. The highest BCUT2D eigenvalue weighted by molar-refractivity contribution is 6.22. The number of dihydropyridines is 1. The molecule has 1 aliphatic heterocycles. The molecular formula is C5H9BN2. The molecule has 0 aromatic rings. The Hall–Kier alpha value is -0.855. The molecule has 1 aliphatic rings. The molecule has 0 saturated carbocycles. The fourth-order valence-corrected chi connectivity index (χ4v) is 0.591. The predicted octanol–water partition coefficient (Wildman–Crippen LogP) is -1.09. The lowest BCUT2D eigenvalue weighted by molar-refractivity contribution is 0.864. The largest absolute Gasteiger partial charge is 0.386 e. The highest BCUT2D eigenvalue weighted by Crippen LogP contribution is 1.93. The molecule has 0 amide bonds. The minimum atomic E-state index is 0.760. The summed E-state index contributed by atoms with van der Waals surface area (Å²) in [6, 6.07) is 0. The summed E-state index contributed by atoms with van der Waals surface area (Å²) in [6.07, 6.45) is 3.89. The van der Waals surface area contributed by atoms with Crippen molar-refractivity contribution in [2.75, 3.05) is 6.54 Å². The van der Waals surface area contributed by atoms with Gasteiger partial charge in [0.25, 0.3) is 0 Å². The summed E-state index contributed by atoms with van der Waals surface area (Å²) in [4.78, 5) is 0. The second kappa shape index (κ2) is 1.94. The van der Waals surface area contributed by atoms with Crippen LogP contribution < -0.4 is 11.1 Å². The molecule has 0 unspecified atom stereocenters. The van der Waals surface area contributed by atoms with Crippen LogP contribution in [0.25, 0.3) is 0 Å². The van der Waals surface area contributed by atoms with E-state index >= 15 is 0 Å². The average Bonchev–Trinajstić information content (AvgIpc) is 1.77. The number of hydrogen-bond donors (Lipinski definition) is 2. The second-order valence-electron chi connectivity index (χ2n) is 1.99. The molecular weight excluding hydrogens is 98.9 g/mol. The first kappa shape index (κ1) is 5.28. The van der Waals surface area contributed by atoms with Gasteiger partial charge in [0.1, 0.15) is 7.85 Å². The van der Waals surface area contributed by atoms with Gasteiger partial charge in [-0.25, -0.2) is 0 Å². The Kier molecular flexibility index (Phi) is 1.28. The van der Waals surface area contributed by atoms with Crippen molar-refractivity contribution >= 4 is 7.85 Å². The van der Waals surface area contributed by atoms with Crippen LogP contribution in [0.1, 0.15) is 0 Å². The van der Waals surface area contributed by atoms with Crippen LogP contribution in [-0.2, 0) is 0 Å². The summed E-state index contributed by atoms with van der Waals surface area (Å²) in [7, 11) is 2.07. The van der Waals surface area contributed by atoms with Gasteiger partial charge in [-0.1, -0.05) is 11.5 Å². The molecule has 0 bridgehead atoms. The molecule has 3 N–H and O–H groups in total. The van der Waals surface area contributed by atoms with Crippen LogP contribution in [0, 0.1) is 0 Å². The van der Waals surface area contributed by atoms with Gasteiger partial charge >= 0.3 is 0 Å². The minimum absolute atomic E-state index is 0.760. The van der Waals surface area contributed by atoms with E-state index < -0.39 is 0 Å². The zero-order valence-corrected chi connectivity index (χ0v) is 4.94. The quantitative estimate of drug-likeness (QED) is 0.387. The first-order valence-electron chi connectivity index (χ1n) is 2.66. The molecule has 0 spiro atoms.